The van der Waals surface area contributed by atoms with E-state index in [0.29, 0.717) is 23.7 Å². The van der Waals surface area contributed by atoms with E-state index in [-0.39, 0.29) is 23.8 Å². The first-order chi connectivity index (χ1) is 20.7. The maximum absolute atomic E-state index is 14.4. The van der Waals surface area contributed by atoms with E-state index in [4.69, 9.17) is 11.6 Å². The molecule has 1 atom stereocenters. The number of hydrogen-bond donors (Lipinski definition) is 1. The highest BCUT2D eigenvalue weighted by Gasteiger charge is 2.35. The third-order valence-corrected chi connectivity index (χ3v) is 9.17. The lowest BCUT2D eigenvalue weighted by molar-refractivity contribution is -0.140. The molecule has 0 heterocycles. The van der Waals surface area contributed by atoms with Crippen molar-refractivity contribution in [1.82, 2.24) is 10.2 Å². The van der Waals surface area contributed by atoms with Gasteiger partial charge in [-0.25, -0.2) is 8.42 Å². The Hall–Kier alpha value is -4.14. The Bertz CT molecular complexity index is 1610. The van der Waals surface area contributed by atoms with Gasteiger partial charge in [-0.3, -0.25) is 13.9 Å². The van der Waals surface area contributed by atoms with Gasteiger partial charge in [0.1, 0.15) is 12.6 Å². The number of nitrogens with one attached hydrogen (secondary N) is 1. The highest BCUT2D eigenvalue weighted by Crippen LogP contribution is 2.28. The average molecular weight is 618 g/mol. The third kappa shape index (κ3) is 8.03. The van der Waals surface area contributed by atoms with Crippen LogP contribution in [0, 0.1) is 0 Å². The Kier molecular flexibility index (Phi) is 11.0. The zero-order chi connectivity index (χ0) is 30.8. The van der Waals surface area contributed by atoms with Gasteiger partial charge in [0.25, 0.3) is 10.0 Å². The van der Waals surface area contributed by atoms with E-state index >= 15 is 0 Å². The van der Waals surface area contributed by atoms with Gasteiger partial charge < -0.3 is 10.2 Å². The van der Waals surface area contributed by atoms with Crippen molar-refractivity contribution in [2.24, 2.45) is 0 Å². The molecule has 0 saturated carbocycles. The van der Waals surface area contributed by atoms with Gasteiger partial charge >= 0.3 is 0 Å². The van der Waals surface area contributed by atoms with Crippen LogP contribution in [0.15, 0.2) is 114 Å². The minimum absolute atomic E-state index is 0.0718. The summed E-state index contributed by atoms with van der Waals surface area (Å²) in [4.78, 5) is 29.5. The molecule has 0 spiro atoms. The highest BCUT2D eigenvalue weighted by atomic mass is 35.5. The van der Waals surface area contributed by atoms with Gasteiger partial charge in [0, 0.05) is 24.5 Å². The molecule has 4 rings (SSSR count). The first-order valence-corrected chi connectivity index (χ1v) is 16.1. The minimum Gasteiger partial charge on any atom is -0.355 e. The number of amides is 2. The summed E-state index contributed by atoms with van der Waals surface area (Å²) in [5, 5.41) is 3.41. The molecule has 0 aliphatic carbocycles. The molecule has 0 radical (unpaired) electrons. The molecule has 4 aromatic carbocycles. The summed E-state index contributed by atoms with van der Waals surface area (Å²) in [5.74, 6) is -0.826. The molecule has 0 aliphatic heterocycles. The number of halogens is 1. The van der Waals surface area contributed by atoms with Crippen molar-refractivity contribution in [2.45, 2.75) is 44.2 Å². The molecule has 0 aromatic heterocycles. The Morgan fingerprint density at radius 3 is 2.02 bits per heavy atom. The van der Waals surface area contributed by atoms with E-state index in [2.05, 4.69) is 5.32 Å². The van der Waals surface area contributed by atoms with Crippen LogP contribution in [0.5, 0.6) is 0 Å². The van der Waals surface area contributed by atoms with Crippen molar-refractivity contribution in [3.63, 3.8) is 0 Å². The van der Waals surface area contributed by atoms with Crippen LogP contribution in [0.2, 0.25) is 5.02 Å². The second kappa shape index (κ2) is 14.8. The van der Waals surface area contributed by atoms with Crippen LogP contribution in [0.3, 0.4) is 0 Å². The van der Waals surface area contributed by atoms with Crippen LogP contribution >= 0.6 is 11.6 Å². The summed E-state index contributed by atoms with van der Waals surface area (Å²) in [5.41, 5.74) is 2.83. The molecular weight excluding hydrogens is 582 g/mol. The molecule has 2 amide bonds. The van der Waals surface area contributed by atoms with Crippen LogP contribution in [-0.2, 0) is 39.0 Å². The van der Waals surface area contributed by atoms with Crippen LogP contribution in [0.1, 0.15) is 30.5 Å². The number of rotatable bonds is 13. The fraction of sp³-hybridized carbons (Fsp3) is 0.235. The molecule has 0 bridgehead atoms. The predicted molar refractivity (Wildman–Crippen MR) is 171 cm³/mol. The quantitative estimate of drug-likeness (QED) is 0.203. The van der Waals surface area contributed by atoms with E-state index in [0.717, 1.165) is 21.0 Å². The number of sulfonamides is 1. The molecule has 0 aliphatic rings. The Morgan fingerprint density at radius 1 is 0.791 bits per heavy atom. The molecule has 43 heavy (non-hydrogen) atoms. The summed E-state index contributed by atoms with van der Waals surface area (Å²) in [6.45, 7) is 3.72. The normalized spacial score (nSPS) is 11.9. The number of aryl methyl sites for hydroxylation is 1. The number of carbonyl (C=O) groups is 2. The topological polar surface area (TPSA) is 86.8 Å². The molecular formula is C34H36ClN3O4S. The minimum atomic E-state index is -4.14. The van der Waals surface area contributed by atoms with E-state index < -0.39 is 28.5 Å². The summed E-state index contributed by atoms with van der Waals surface area (Å²) < 4.78 is 29.4. The van der Waals surface area contributed by atoms with Crippen molar-refractivity contribution < 1.29 is 18.0 Å². The smallest absolute Gasteiger partial charge is 0.264 e. The van der Waals surface area contributed by atoms with Crippen molar-refractivity contribution in [1.29, 1.82) is 0 Å². The molecule has 0 fully saturated rings. The number of carbonyl (C=O) groups excluding carboxylic acids is 2. The van der Waals surface area contributed by atoms with Crippen molar-refractivity contribution in [3.05, 3.63) is 131 Å². The summed E-state index contributed by atoms with van der Waals surface area (Å²) >= 11 is 6.13. The van der Waals surface area contributed by atoms with Crippen LogP contribution in [0.25, 0.3) is 0 Å². The zero-order valence-electron chi connectivity index (χ0n) is 24.3. The second-order valence-corrected chi connectivity index (χ2v) is 12.4. The lowest BCUT2D eigenvalue weighted by atomic mass is 10.0. The SMILES string of the molecule is CCNC(=O)[C@H](Cc1ccccc1)N(Cc1ccc(Cl)cc1)C(=O)CN(c1ccccc1CC)S(=O)(=O)c1ccccc1. The van der Waals surface area contributed by atoms with E-state index in [1.54, 1.807) is 54.6 Å². The zero-order valence-corrected chi connectivity index (χ0v) is 25.9. The van der Waals surface area contributed by atoms with Crippen molar-refractivity contribution in [3.8, 4) is 0 Å². The van der Waals surface area contributed by atoms with E-state index in [1.807, 2.05) is 56.3 Å². The van der Waals surface area contributed by atoms with Gasteiger partial charge in [-0.05, 0) is 60.4 Å². The molecule has 9 heteroatoms. The average Bonchev–Trinajstić information content (AvgIpc) is 3.03. The van der Waals surface area contributed by atoms with Gasteiger partial charge in [-0.2, -0.15) is 0 Å². The number of likely N-dealkylation sites (N-methyl/N-ethyl adjacent to an activating group) is 1. The third-order valence-electron chi connectivity index (χ3n) is 7.14. The second-order valence-electron chi connectivity index (χ2n) is 10.1. The van der Waals surface area contributed by atoms with Crippen LogP contribution < -0.4 is 9.62 Å². The maximum Gasteiger partial charge on any atom is 0.264 e. The summed E-state index contributed by atoms with van der Waals surface area (Å²) in [6, 6.07) is 30.8. The Labute approximate surface area is 259 Å². The molecule has 4 aromatic rings. The molecule has 0 saturated heterocycles. The molecule has 224 valence electrons. The van der Waals surface area contributed by atoms with E-state index in [1.165, 1.54) is 17.0 Å². The Balaban J connectivity index is 1.81. The highest BCUT2D eigenvalue weighted by molar-refractivity contribution is 7.92. The number of nitrogens with zero attached hydrogens (tertiary/aromatic N) is 2. The lowest BCUT2D eigenvalue weighted by Gasteiger charge is -2.34. The monoisotopic (exact) mass is 617 g/mol. The fourth-order valence-electron chi connectivity index (χ4n) is 4.92. The van der Waals surface area contributed by atoms with Crippen molar-refractivity contribution >= 4 is 39.1 Å². The van der Waals surface area contributed by atoms with E-state index in [9.17, 15) is 18.0 Å². The van der Waals surface area contributed by atoms with Crippen molar-refractivity contribution in [2.75, 3.05) is 17.4 Å². The summed E-state index contributed by atoms with van der Waals surface area (Å²) in [6.07, 6.45) is 0.818. The van der Waals surface area contributed by atoms with Gasteiger partial charge in [-0.1, -0.05) is 97.4 Å². The lowest BCUT2D eigenvalue weighted by Crippen LogP contribution is -2.53. The fourth-order valence-corrected chi connectivity index (χ4v) is 6.52. The van der Waals surface area contributed by atoms with Gasteiger partial charge in [0.15, 0.2) is 0 Å². The molecule has 0 unspecified atom stereocenters. The molecule has 1 N–H and O–H groups in total. The standard InChI is InChI=1S/C34H36ClN3O4S/c1-3-28-15-11-12-18-31(28)38(43(41,42)30-16-9-6-10-17-30)25-33(39)37(24-27-19-21-29(35)22-20-27)32(34(40)36-4-2)23-26-13-7-5-8-14-26/h5-22,32H,3-4,23-25H2,1-2H3,(H,36,40)/t32-/m0/s1. The van der Waals surface area contributed by atoms with Gasteiger partial charge in [-0.15, -0.1) is 0 Å². The largest absolute Gasteiger partial charge is 0.355 e. The number of benzene rings is 4. The molecule has 7 nitrogen and oxygen atoms in total. The number of anilines is 1. The Morgan fingerprint density at radius 2 is 1.40 bits per heavy atom. The number of para-hydroxylation sites is 1. The van der Waals surface area contributed by atoms with Crippen LogP contribution in [0.4, 0.5) is 5.69 Å². The van der Waals surface area contributed by atoms with Crippen LogP contribution in [-0.4, -0.2) is 44.3 Å². The predicted octanol–water partition coefficient (Wildman–Crippen LogP) is 5.87. The first kappa shape index (κ1) is 31.8. The van der Waals surface area contributed by atoms with Gasteiger partial charge in [0.2, 0.25) is 11.8 Å². The number of hydrogen-bond acceptors (Lipinski definition) is 4. The summed E-state index contributed by atoms with van der Waals surface area (Å²) in [7, 11) is -4.14. The first-order valence-electron chi connectivity index (χ1n) is 14.3. The van der Waals surface area contributed by atoms with Gasteiger partial charge in [0.05, 0.1) is 10.6 Å². The maximum atomic E-state index is 14.4.